The monoisotopic (exact) mass is 259 g/mol. The molecule has 6 nitrogen and oxygen atoms in total. The van der Waals surface area contributed by atoms with E-state index in [-0.39, 0.29) is 0 Å². The summed E-state index contributed by atoms with van der Waals surface area (Å²) in [4.78, 5) is 6.79. The Labute approximate surface area is 111 Å². The molecular formula is C13H17N5O. The lowest BCUT2D eigenvalue weighted by molar-refractivity contribution is 0.340. The Morgan fingerprint density at radius 3 is 3.21 bits per heavy atom. The Morgan fingerprint density at radius 1 is 1.37 bits per heavy atom. The number of aromatic nitrogens is 3. The molecule has 4 rings (SSSR count). The topological polar surface area (TPSA) is 70.0 Å². The molecule has 2 unspecified atom stereocenters. The summed E-state index contributed by atoms with van der Waals surface area (Å²) >= 11 is 0. The summed E-state index contributed by atoms with van der Waals surface area (Å²) < 4.78 is 5.33. The number of nitrogens with one attached hydrogen (secondary N) is 2. The van der Waals surface area contributed by atoms with Crippen LogP contribution in [0.1, 0.15) is 12.8 Å². The Morgan fingerprint density at radius 2 is 2.37 bits per heavy atom. The van der Waals surface area contributed by atoms with Gasteiger partial charge in [0.15, 0.2) is 11.6 Å². The van der Waals surface area contributed by atoms with Crippen molar-refractivity contribution in [1.82, 2.24) is 20.5 Å². The van der Waals surface area contributed by atoms with E-state index in [1.54, 1.807) is 6.26 Å². The molecule has 0 spiro atoms. The first-order valence-corrected chi connectivity index (χ1v) is 6.85. The van der Waals surface area contributed by atoms with Gasteiger partial charge in [0.1, 0.15) is 0 Å². The highest BCUT2D eigenvalue weighted by Gasteiger charge is 2.35. The van der Waals surface area contributed by atoms with E-state index in [9.17, 15) is 0 Å². The summed E-state index contributed by atoms with van der Waals surface area (Å²) in [5.74, 6) is 2.94. The molecule has 0 aliphatic carbocycles. The van der Waals surface area contributed by atoms with Crippen LogP contribution in [0, 0.1) is 5.92 Å². The molecule has 2 aromatic rings. The molecule has 0 saturated carbocycles. The first-order chi connectivity index (χ1) is 9.40. The number of furan rings is 1. The van der Waals surface area contributed by atoms with Gasteiger partial charge in [-0.3, -0.25) is 5.10 Å². The molecule has 2 aliphatic rings. The van der Waals surface area contributed by atoms with Crippen molar-refractivity contribution in [3.8, 4) is 11.6 Å². The second-order valence-corrected chi connectivity index (χ2v) is 5.33. The molecular weight excluding hydrogens is 242 g/mol. The molecule has 0 aromatic carbocycles. The maximum atomic E-state index is 5.33. The number of hydrogen-bond acceptors (Lipinski definition) is 5. The van der Waals surface area contributed by atoms with E-state index in [2.05, 4.69) is 25.4 Å². The van der Waals surface area contributed by atoms with Crippen molar-refractivity contribution in [2.45, 2.75) is 18.9 Å². The van der Waals surface area contributed by atoms with Gasteiger partial charge in [-0.25, -0.2) is 0 Å². The fraction of sp³-hybridized carbons (Fsp3) is 0.538. The number of nitrogens with zero attached hydrogens (tertiary/aromatic N) is 3. The molecule has 2 aliphatic heterocycles. The standard InChI is InChI=1S/C13H17N5O/c1-3-9-7-18(8-10(9)14-5-1)13-15-12(16-17-13)11-4-2-6-19-11/h2,4,6,9-10,14H,1,3,5,7-8H2,(H,15,16,17). The van der Waals surface area contributed by atoms with Crippen LogP contribution in [0.25, 0.3) is 11.6 Å². The van der Waals surface area contributed by atoms with Gasteiger partial charge < -0.3 is 14.6 Å². The summed E-state index contributed by atoms with van der Waals surface area (Å²) in [6.45, 7) is 3.19. The van der Waals surface area contributed by atoms with Crippen LogP contribution < -0.4 is 10.2 Å². The van der Waals surface area contributed by atoms with Gasteiger partial charge in [-0.05, 0) is 37.4 Å². The molecule has 6 heteroatoms. The van der Waals surface area contributed by atoms with Crippen molar-refractivity contribution in [3.63, 3.8) is 0 Å². The highest BCUT2D eigenvalue weighted by molar-refractivity contribution is 5.49. The Kier molecular flexibility index (Phi) is 2.55. The van der Waals surface area contributed by atoms with E-state index in [0.717, 1.165) is 37.3 Å². The molecule has 2 saturated heterocycles. The maximum absolute atomic E-state index is 5.33. The van der Waals surface area contributed by atoms with E-state index in [1.165, 1.54) is 12.8 Å². The fourth-order valence-electron chi connectivity index (χ4n) is 3.13. The molecule has 2 N–H and O–H groups in total. The second-order valence-electron chi connectivity index (χ2n) is 5.33. The average molecular weight is 259 g/mol. The van der Waals surface area contributed by atoms with Gasteiger partial charge in [-0.1, -0.05) is 0 Å². The number of H-pyrrole nitrogens is 1. The number of hydrogen-bond donors (Lipinski definition) is 2. The first kappa shape index (κ1) is 11.0. The number of piperidine rings is 1. The van der Waals surface area contributed by atoms with Crippen LogP contribution in [0.4, 0.5) is 5.95 Å². The molecule has 0 amide bonds. The number of anilines is 1. The zero-order valence-corrected chi connectivity index (χ0v) is 10.7. The number of fused-ring (bicyclic) bond motifs is 1. The maximum Gasteiger partial charge on any atom is 0.245 e. The predicted octanol–water partition coefficient (Wildman–Crippen LogP) is 1.25. The summed E-state index contributed by atoms with van der Waals surface area (Å²) in [7, 11) is 0. The number of rotatable bonds is 2. The largest absolute Gasteiger partial charge is 0.461 e. The first-order valence-electron chi connectivity index (χ1n) is 6.85. The minimum atomic E-state index is 0.597. The Bertz CT molecular complexity index is 535. The lowest BCUT2D eigenvalue weighted by Crippen LogP contribution is -2.40. The van der Waals surface area contributed by atoms with Crippen LogP contribution in [0.15, 0.2) is 22.8 Å². The van der Waals surface area contributed by atoms with Crippen molar-refractivity contribution in [2.24, 2.45) is 5.92 Å². The van der Waals surface area contributed by atoms with E-state index in [0.29, 0.717) is 11.9 Å². The van der Waals surface area contributed by atoms with Crippen molar-refractivity contribution in [1.29, 1.82) is 0 Å². The third kappa shape index (κ3) is 1.92. The molecule has 100 valence electrons. The zero-order chi connectivity index (χ0) is 12.7. The zero-order valence-electron chi connectivity index (χ0n) is 10.7. The molecule has 19 heavy (non-hydrogen) atoms. The smallest absolute Gasteiger partial charge is 0.245 e. The fourth-order valence-corrected chi connectivity index (χ4v) is 3.13. The van der Waals surface area contributed by atoms with E-state index >= 15 is 0 Å². The third-order valence-electron chi connectivity index (χ3n) is 4.11. The van der Waals surface area contributed by atoms with Crippen LogP contribution in [-0.2, 0) is 0 Å². The summed E-state index contributed by atoms with van der Waals surface area (Å²) in [6.07, 6.45) is 4.23. The lowest BCUT2D eigenvalue weighted by Gasteiger charge is -2.24. The molecule has 0 bridgehead atoms. The minimum Gasteiger partial charge on any atom is -0.461 e. The van der Waals surface area contributed by atoms with Gasteiger partial charge in [0, 0.05) is 19.1 Å². The van der Waals surface area contributed by atoms with E-state index < -0.39 is 0 Å². The minimum absolute atomic E-state index is 0.597. The highest BCUT2D eigenvalue weighted by Crippen LogP contribution is 2.28. The Balaban J connectivity index is 1.54. The molecule has 0 radical (unpaired) electrons. The van der Waals surface area contributed by atoms with Crippen LogP contribution >= 0.6 is 0 Å². The molecule has 2 atom stereocenters. The van der Waals surface area contributed by atoms with Crippen LogP contribution in [0.3, 0.4) is 0 Å². The molecule has 4 heterocycles. The Hall–Kier alpha value is -1.82. The van der Waals surface area contributed by atoms with Crippen molar-refractivity contribution < 1.29 is 4.42 Å². The van der Waals surface area contributed by atoms with Crippen LogP contribution in [0.2, 0.25) is 0 Å². The number of aromatic amines is 1. The third-order valence-corrected chi connectivity index (χ3v) is 4.11. The summed E-state index contributed by atoms with van der Waals surface area (Å²) in [5, 5.41) is 10.9. The molecule has 2 aromatic heterocycles. The van der Waals surface area contributed by atoms with Crippen molar-refractivity contribution in [2.75, 3.05) is 24.5 Å². The van der Waals surface area contributed by atoms with Crippen LogP contribution in [-0.4, -0.2) is 40.9 Å². The quantitative estimate of drug-likeness (QED) is 0.849. The highest BCUT2D eigenvalue weighted by atomic mass is 16.3. The van der Waals surface area contributed by atoms with Gasteiger partial charge in [0.05, 0.1) is 6.26 Å². The van der Waals surface area contributed by atoms with Gasteiger partial charge in [0.2, 0.25) is 5.95 Å². The second kappa shape index (κ2) is 4.38. The average Bonchev–Trinajstić information content (AvgIpc) is 3.17. The van der Waals surface area contributed by atoms with Gasteiger partial charge in [-0.2, -0.15) is 4.98 Å². The van der Waals surface area contributed by atoms with Crippen LogP contribution in [0.5, 0.6) is 0 Å². The van der Waals surface area contributed by atoms with E-state index in [1.807, 2.05) is 12.1 Å². The van der Waals surface area contributed by atoms with Crippen molar-refractivity contribution in [3.05, 3.63) is 18.4 Å². The van der Waals surface area contributed by atoms with Gasteiger partial charge in [-0.15, -0.1) is 5.10 Å². The van der Waals surface area contributed by atoms with Crippen molar-refractivity contribution >= 4 is 5.95 Å². The van der Waals surface area contributed by atoms with Gasteiger partial charge in [0.25, 0.3) is 0 Å². The summed E-state index contributed by atoms with van der Waals surface area (Å²) in [5.41, 5.74) is 0. The lowest BCUT2D eigenvalue weighted by atomic mass is 9.94. The summed E-state index contributed by atoms with van der Waals surface area (Å²) in [6, 6.07) is 4.33. The normalized spacial score (nSPS) is 26.6. The molecule has 2 fully saturated rings. The van der Waals surface area contributed by atoms with Gasteiger partial charge >= 0.3 is 0 Å². The predicted molar refractivity (Wildman–Crippen MR) is 70.8 cm³/mol. The van der Waals surface area contributed by atoms with E-state index in [4.69, 9.17) is 4.42 Å². The SMILES string of the molecule is c1coc(-c2nc(N3CC4CCCNC4C3)n[nH]2)c1.